The Morgan fingerprint density at radius 3 is 2.56 bits per heavy atom. The van der Waals surface area contributed by atoms with Gasteiger partial charge in [0.25, 0.3) is 0 Å². The minimum atomic E-state index is -0.250. The highest BCUT2D eigenvalue weighted by atomic mass is 15.2. The molecule has 2 atom stereocenters. The first kappa shape index (κ1) is 12.4. The van der Waals surface area contributed by atoms with Crippen molar-refractivity contribution in [2.45, 2.75) is 69.0 Å². The molecule has 0 aromatic rings. The second kappa shape index (κ2) is 4.83. The van der Waals surface area contributed by atoms with Gasteiger partial charge in [0.15, 0.2) is 0 Å². The van der Waals surface area contributed by atoms with Gasteiger partial charge in [-0.1, -0.05) is 0 Å². The van der Waals surface area contributed by atoms with E-state index in [1.165, 1.54) is 45.1 Å². The van der Waals surface area contributed by atoms with Gasteiger partial charge in [-0.15, -0.1) is 0 Å². The van der Waals surface area contributed by atoms with E-state index in [1.54, 1.807) is 0 Å². The standard InChI is InChI=1S/C15H25N3/c1-17-15(11-16)8-2-3-14(9-15)18(13-6-7-13)10-12-4-5-12/h12-14,17H,2-10H2,1H3. The minimum absolute atomic E-state index is 0.250. The van der Waals surface area contributed by atoms with Gasteiger partial charge in [-0.05, 0) is 64.3 Å². The van der Waals surface area contributed by atoms with Gasteiger partial charge in [0.2, 0.25) is 0 Å². The SMILES string of the molecule is CNC1(C#N)CCCC(N(CC2CC2)C2CC2)C1. The lowest BCUT2D eigenvalue weighted by molar-refractivity contribution is 0.110. The van der Waals surface area contributed by atoms with E-state index < -0.39 is 0 Å². The number of hydrogen-bond donors (Lipinski definition) is 1. The second-order valence-electron chi connectivity index (χ2n) is 6.57. The van der Waals surface area contributed by atoms with Crippen molar-refractivity contribution < 1.29 is 0 Å². The predicted octanol–water partition coefficient (Wildman–Crippen LogP) is 2.29. The lowest BCUT2D eigenvalue weighted by Gasteiger charge is -2.41. The van der Waals surface area contributed by atoms with E-state index in [4.69, 9.17) is 0 Å². The summed E-state index contributed by atoms with van der Waals surface area (Å²) in [4.78, 5) is 2.76. The molecule has 0 spiro atoms. The fourth-order valence-corrected chi connectivity index (χ4v) is 3.51. The van der Waals surface area contributed by atoms with Crippen LogP contribution in [0, 0.1) is 17.2 Å². The summed E-state index contributed by atoms with van der Waals surface area (Å²) in [7, 11) is 1.95. The Kier molecular flexibility index (Phi) is 3.34. The van der Waals surface area contributed by atoms with Crippen molar-refractivity contribution in [1.82, 2.24) is 10.2 Å². The molecule has 0 radical (unpaired) electrons. The van der Waals surface area contributed by atoms with Gasteiger partial charge in [0, 0.05) is 18.6 Å². The quantitative estimate of drug-likeness (QED) is 0.810. The zero-order chi connectivity index (χ0) is 12.6. The zero-order valence-electron chi connectivity index (χ0n) is 11.5. The molecule has 3 aliphatic rings. The van der Waals surface area contributed by atoms with Gasteiger partial charge in [-0.2, -0.15) is 5.26 Å². The summed E-state index contributed by atoms with van der Waals surface area (Å²) in [6, 6.07) is 4.04. The fourth-order valence-electron chi connectivity index (χ4n) is 3.51. The van der Waals surface area contributed by atoms with Crippen molar-refractivity contribution in [3.8, 4) is 6.07 Å². The van der Waals surface area contributed by atoms with Gasteiger partial charge < -0.3 is 5.32 Å². The summed E-state index contributed by atoms with van der Waals surface area (Å²) in [5.41, 5.74) is -0.250. The van der Waals surface area contributed by atoms with Crippen molar-refractivity contribution in [2.75, 3.05) is 13.6 Å². The highest BCUT2D eigenvalue weighted by Crippen LogP contribution is 2.40. The topological polar surface area (TPSA) is 39.1 Å². The Bertz CT molecular complexity index is 340. The van der Waals surface area contributed by atoms with E-state index >= 15 is 0 Å². The number of rotatable bonds is 5. The largest absolute Gasteiger partial charge is 0.302 e. The Hall–Kier alpha value is -0.590. The van der Waals surface area contributed by atoms with Crippen molar-refractivity contribution in [3.63, 3.8) is 0 Å². The number of hydrogen-bond acceptors (Lipinski definition) is 3. The monoisotopic (exact) mass is 247 g/mol. The van der Waals surface area contributed by atoms with Crippen LogP contribution in [0.3, 0.4) is 0 Å². The summed E-state index contributed by atoms with van der Waals surface area (Å²) in [6.07, 6.45) is 10.2. The lowest BCUT2D eigenvalue weighted by Crippen LogP contribution is -2.52. The van der Waals surface area contributed by atoms with Crippen molar-refractivity contribution in [1.29, 1.82) is 5.26 Å². The van der Waals surface area contributed by atoms with E-state index in [0.29, 0.717) is 6.04 Å². The summed E-state index contributed by atoms with van der Waals surface area (Å²) in [5.74, 6) is 0.971. The third-order valence-electron chi connectivity index (χ3n) is 5.07. The maximum Gasteiger partial charge on any atom is 0.108 e. The first-order valence-electron chi connectivity index (χ1n) is 7.62. The van der Waals surface area contributed by atoms with E-state index in [9.17, 15) is 5.26 Å². The van der Waals surface area contributed by atoms with Crippen molar-refractivity contribution in [3.05, 3.63) is 0 Å². The minimum Gasteiger partial charge on any atom is -0.302 e. The zero-order valence-corrected chi connectivity index (χ0v) is 11.5. The molecule has 0 heterocycles. The Balaban J connectivity index is 1.67. The molecule has 0 aromatic heterocycles. The van der Waals surface area contributed by atoms with Crippen LogP contribution in [0.2, 0.25) is 0 Å². The third kappa shape index (κ3) is 2.55. The molecule has 0 saturated heterocycles. The van der Waals surface area contributed by atoms with Crippen LogP contribution in [-0.4, -0.2) is 36.1 Å². The molecule has 2 unspecified atom stereocenters. The van der Waals surface area contributed by atoms with Crippen LogP contribution in [0.25, 0.3) is 0 Å². The van der Waals surface area contributed by atoms with E-state index in [2.05, 4.69) is 16.3 Å². The van der Waals surface area contributed by atoms with E-state index in [1.807, 2.05) is 7.05 Å². The third-order valence-corrected chi connectivity index (χ3v) is 5.07. The van der Waals surface area contributed by atoms with Gasteiger partial charge in [-0.25, -0.2) is 0 Å². The Morgan fingerprint density at radius 1 is 1.22 bits per heavy atom. The van der Waals surface area contributed by atoms with Gasteiger partial charge in [-0.3, -0.25) is 4.90 Å². The highest BCUT2D eigenvalue weighted by Gasteiger charge is 2.43. The normalized spacial score (nSPS) is 36.6. The number of nitrogens with zero attached hydrogens (tertiary/aromatic N) is 2. The first-order chi connectivity index (χ1) is 8.76. The van der Waals surface area contributed by atoms with Crippen LogP contribution < -0.4 is 5.32 Å². The molecule has 3 nitrogen and oxygen atoms in total. The van der Waals surface area contributed by atoms with Crippen LogP contribution in [-0.2, 0) is 0 Å². The molecule has 0 aliphatic heterocycles. The summed E-state index contributed by atoms with van der Waals surface area (Å²) in [6.45, 7) is 1.31. The fraction of sp³-hybridized carbons (Fsp3) is 0.933. The molecule has 3 aliphatic carbocycles. The maximum absolute atomic E-state index is 9.46. The van der Waals surface area contributed by atoms with Crippen molar-refractivity contribution in [2.24, 2.45) is 5.92 Å². The summed E-state index contributed by atoms with van der Waals surface area (Å²) in [5, 5.41) is 12.8. The van der Waals surface area contributed by atoms with Crippen LogP contribution in [0.5, 0.6) is 0 Å². The summed E-state index contributed by atoms with van der Waals surface area (Å²) >= 11 is 0. The Labute approximate surface area is 111 Å². The van der Waals surface area contributed by atoms with E-state index in [-0.39, 0.29) is 5.54 Å². The van der Waals surface area contributed by atoms with Crippen molar-refractivity contribution >= 4 is 0 Å². The average Bonchev–Trinajstić information content (AvgIpc) is 3.29. The predicted molar refractivity (Wildman–Crippen MR) is 72.1 cm³/mol. The maximum atomic E-state index is 9.46. The smallest absolute Gasteiger partial charge is 0.108 e. The molecular weight excluding hydrogens is 222 g/mol. The molecule has 1 N–H and O–H groups in total. The van der Waals surface area contributed by atoms with Gasteiger partial charge in [0.1, 0.15) is 5.54 Å². The van der Waals surface area contributed by atoms with Crippen LogP contribution in [0.15, 0.2) is 0 Å². The molecule has 3 saturated carbocycles. The lowest BCUT2D eigenvalue weighted by atomic mass is 9.79. The molecule has 0 amide bonds. The summed E-state index contributed by atoms with van der Waals surface area (Å²) < 4.78 is 0. The molecule has 18 heavy (non-hydrogen) atoms. The second-order valence-corrected chi connectivity index (χ2v) is 6.57. The van der Waals surface area contributed by atoms with Crippen LogP contribution >= 0.6 is 0 Å². The number of nitrogens with one attached hydrogen (secondary N) is 1. The van der Waals surface area contributed by atoms with Crippen LogP contribution in [0.1, 0.15) is 51.4 Å². The first-order valence-corrected chi connectivity index (χ1v) is 7.62. The average molecular weight is 247 g/mol. The number of nitriles is 1. The highest BCUT2D eigenvalue weighted by molar-refractivity contribution is 5.11. The van der Waals surface area contributed by atoms with Crippen LogP contribution in [0.4, 0.5) is 0 Å². The van der Waals surface area contributed by atoms with Gasteiger partial charge in [0.05, 0.1) is 6.07 Å². The molecule has 3 heteroatoms. The van der Waals surface area contributed by atoms with Gasteiger partial charge >= 0.3 is 0 Å². The molecular formula is C15H25N3. The molecule has 100 valence electrons. The molecule has 0 bridgehead atoms. The Morgan fingerprint density at radius 2 is 2.00 bits per heavy atom. The molecule has 0 aromatic carbocycles. The molecule has 3 fully saturated rings. The molecule has 3 rings (SSSR count). The van der Waals surface area contributed by atoms with E-state index in [0.717, 1.165) is 24.8 Å².